The third-order valence-corrected chi connectivity index (χ3v) is 2.80. The summed E-state index contributed by atoms with van der Waals surface area (Å²) in [4.78, 5) is 15.6. The fourth-order valence-corrected chi connectivity index (χ4v) is 1.91. The SMILES string of the molecule is Cc1cc2nc3[nH]c(C(C)C)cc3nc2[nH]1. The van der Waals surface area contributed by atoms with E-state index in [1.165, 1.54) is 5.69 Å². The van der Waals surface area contributed by atoms with Crippen LogP contribution in [-0.4, -0.2) is 19.9 Å². The number of aromatic amines is 2. The van der Waals surface area contributed by atoms with Gasteiger partial charge in [-0.3, -0.25) is 0 Å². The number of hydrogen-bond donors (Lipinski definition) is 2. The molecule has 0 saturated carbocycles. The van der Waals surface area contributed by atoms with E-state index in [0.717, 1.165) is 28.0 Å². The fourth-order valence-electron chi connectivity index (χ4n) is 1.91. The molecule has 0 saturated heterocycles. The lowest BCUT2D eigenvalue weighted by Gasteiger charge is -1.97. The molecule has 0 aliphatic heterocycles. The number of aromatic nitrogens is 4. The quantitative estimate of drug-likeness (QED) is 0.654. The predicted molar refractivity (Wildman–Crippen MR) is 64.6 cm³/mol. The van der Waals surface area contributed by atoms with Crippen molar-refractivity contribution in [2.24, 2.45) is 0 Å². The Morgan fingerprint density at radius 3 is 2.31 bits per heavy atom. The van der Waals surface area contributed by atoms with Gasteiger partial charge in [0.2, 0.25) is 0 Å². The molecule has 2 N–H and O–H groups in total. The van der Waals surface area contributed by atoms with Gasteiger partial charge in [-0.05, 0) is 25.0 Å². The maximum Gasteiger partial charge on any atom is 0.157 e. The molecule has 0 atom stereocenters. The minimum absolute atomic E-state index is 0.469. The maximum absolute atomic E-state index is 4.55. The van der Waals surface area contributed by atoms with Crippen LogP contribution in [0.2, 0.25) is 0 Å². The van der Waals surface area contributed by atoms with Gasteiger partial charge >= 0.3 is 0 Å². The van der Waals surface area contributed by atoms with Gasteiger partial charge in [0.15, 0.2) is 11.3 Å². The Labute approximate surface area is 93.1 Å². The summed E-state index contributed by atoms with van der Waals surface area (Å²) in [5.74, 6) is 0.469. The number of nitrogens with zero attached hydrogens (tertiary/aromatic N) is 2. The molecule has 0 fully saturated rings. The highest BCUT2D eigenvalue weighted by atomic mass is 15.0. The van der Waals surface area contributed by atoms with Crippen LogP contribution in [0.4, 0.5) is 0 Å². The van der Waals surface area contributed by atoms with Crippen LogP contribution in [0.5, 0.6) is 0 Å². The molecular formula is C12H14N4. The molecule has 3 aromatic rings. The molecular weight excluding hydrogens is 200 g/mol. The van der Waals surface area contributed by atoms with Crippen molar-refractivity contribution in [3.63, 3.8) is 0 Å². The molecule has 0 radical (unpaired) electrons. The predicted octanol–water partition coefficient (Wildman–Crippen LogP) is 2.87. The highest BCUT2D eigenvalue weighted by Gasteiger charge is 2.09. The highest BCUT2D eigenvalue weighted by molar-refractivity contribution is 5.83. The first-order valence-corrected chi connectivity index (χ1v) is 5.49. The second-order valence-corrected chi connectivity index (χ2v) is 4.52. The van der Waals surface area contributed by atoms with Crippen molar-refractivity contribution >= 4 is 22.3 Å². The average Bonchev–Trinajstić information content (AvgIpc) is 2.74. The van der Waals surface area contributed by atoms with E-state index in [1.54, 1.807) is 0 Å². The van der Waals surface area contributed by atoms with Gasteiger partial charge in [0.05, 0.1) is 0 Å². The second kappa shape index (κ2) is 3.07. The lowest BCUT2D eigenvalue weighted by molar-refractivity contribution is 0.835. The van der Waals surface area contributed by atoms with E-state index in [-0.39, 0.29) is 0 Å². The zero-order valence-corrected chi connectivity index (χ0v) is 9.63. The Kier molecular flexibility index (Phi) is 1.80. The zero-order valence-electron chi connectivity index (χ0n) is 9.63. The van der Waals surface area contributed by atoms with Crippen molar-refractivity contribution < 1.29 is 0 Å². The van der Waals surface area contributed by atoms with Gasteiger partial charge in [-0.2, -0.15) is 0 Å². The number of aryl methyl sites for hydroxylation is 1. The summed E-state index contributed by atoms with van der Waals surface area (Å²) in [6.45, 7) is 6.32. The van der Waals surface area contributed by atoms with Crippen LogP contribution in [0.1, 0.15) is 31.2 Å². The number of rotatable bonds is 1. The molecule has 0 aliphatic carbocycles. The third kappa shape index (κ3) is 1.30. The van der Waals surface area contributed by atoms with E-state index in [4.69, 9.17) is 0 Å². The summed E-state index contributed by atoms with van der Waals surface area (Å²) >= 11 is 0. The summed E-state index contributed by atoms with van der Waals surface area (Å²) in [7, 11) is 0. The minimum atomic E-state index is 0.469. The van der Waals surface area contributed by atoms with Crippen LogP contribution in [0.15, 0.2) is 12.1 Å². The molecule has 0 aromatic carbocycles. The third-order valence-electron chi connectivity index (χ3n) is 2.80. The summed E-state index contributed by atoms with van der Waals surface area (Å²) in [6.07, 6.45) is 0. The van der Waals surface area contributed by atoms with Gasteiger partial charge < -0.3 is 9.97 Å². The van der Waals surface area contributed by atoms with Crippen molar-refractivity contribution in [1.82, 2.24) is 19.9 Å². The first kappa shape index (κ1) is 9.39. The smallest absolute Gasteiger partial charge is 0.157 e. The highest BCUT2D eigenvalue weighted by Crippen LogP contribution is 2.20. The monoisotopic (exact) mass is 214 g/mol. The van der Waals surface area contributed by atoms with E-state index < -0.39 is 0 Å². The number of hydrogen-bond acceptors (Lipinski definition) is 2. The van der Waals surface area contributed by atoms with Crippen molar-refractivity contribution in [3.05, 3.63) is 23.5 Å². The summed E-state index contributed by atoms with van der Waals surface area (Å²) < 4.78 is 0. The first-order chi connectivity index (χ1) is 7.63. The molecule has 0 bridgehead atoms. The Hall–Kier alpha value is -1.84. The van der Waals surface area contributed by atoms with Crippen LogP contribution < -0.4 is 0 Å². The second-order valence-electron chi connectivity index (χ2n) is 4.52. The maximum atomic E-state index is 4.55. The Bertz CT molecular complexity index is 609. The van der Waals surface area contributed by atoms with Crippen LogP contribution in [-0.2, 0) is 0 Å². The first-order valence-electron chi connectivity index (χ1n) is 5.49. The molecule has 0 amide bonds. The molecule has 0 unspecified atom stereocenters. The fraction of sp³-hybridized carbons (Fsp3) is 0.333. The Morgan fingerprint density at radius 2 is 1.62 bits per heavy atom. The van der Waals surface area contributed by atoms with Crippen molar-refractivity contribution in [2.75, 3.05) is 0 Å². The Balaban J connectivity index is 2.31. The summed E-state index contributed by atoms with van der Waals surface area (Å²) in [5, 5.41) is 0. The van der Waals surface area contributed by atoms with Crippen molar-refractivity contribution in [3.8, 4) is 0 Å². The molecule has 4 nitrogen and oxygen atoms in total. The Morgan fingerprint density at radius 1 is 1.00 bits per heavy atom. The normalized spacial score (nSPS) is 12.0. The molecule has 3 rings (SSSR count). The van der Waals surface area contributed by atoms with E-state index in [1.807, 2.05) is 13.0 Å². The van der Waals surface area contributed by atoms with Crippen LogP contribution in [0.25, 0.3) is 22.3 Å². The molecule has 3 heterocycles. The minimum Gasteiger partial charge on any atom is -0.342 e. The largest absolute Gasteiger partial charge is 0.342 e. The van der Waals surface area contributed by atoms with Crippen molar-refractivity contribution in [2.45, 2.75) is 26.7 Å². The molecule has 82 valence electrons. The van der Waals surface area contributed by atoms with E-state index in [2.05, 4.69) is 39.8 Å². The van der Waals surface area contributed by atoms with Crippen LogP contribution >= 0.6 is 0 Å². The molecule has 0 aliphatic rings. The molecule has 16 heavy (non-hydrogen) atoms. The molecule has 3 aromatic heterocycles. The van der Waals surface area contributed by atoms with E-state index in [9.17, 15) is 0 Å². The topological polar surface area (TPSA) is 57.4 Å². The van der Waals surface area contributed by atoms with Gasteiger partial charge in [0.25, 0.3) is 0 Å². The number of fused-ring (bicyclic) bond motifs is 2. The van der Waals surface area contributed by atoms with Crippen LogP contribution in [0.3, 0.4) is 0 Å². The van der Waals surface area contributed by atoms with Crippen molar-refractivity contribution in [1.29, 1.82) is 0 Å². The summed E-state index contributed by atoms with van der Waals surface area (Å²) in [5.41, 5.74) is 5.85. The van der Waals surface area contributed by atoms with Gasteiger partial charge in [-0.1, -0.05) is 13.8 Å². The summed E-state index contributed by atoms with van der Waals surface area (Å²) in [6, 6.07) is 4.08. The lowest BCUT2D eigenvalue weighted by Crippen LogP contribution is -1.85. The number of nitrogens with one attached hydrogen (secondary N) is 2. The molecule has 4 heteroatoms. The lowest BCUT2D eigenvalue weighted by atomic mass is 10.1. The average molecular weight is 214 g/mol. The van der Waals surface area contributed by atoms with E-state index >= 15 is 0 Å². The van der Waals surface area contributed by atoms with Crippen LogP contribution in [0, 0.1) is 6.92 Å². The van der Waals surface area contributed by atoms with E-state index in [0.29, 0.717) is 5.92 Å². The zero-order chi connectivity index (χ0) is 11.3. The number of H-pyrrole nitrogens is 2. The molecule has 0 spiro atoms. The van der Waals surface area contributed by atoms with Gasteiger partial charge in [0, 0.05) is 11.4 Å². The van der Waals surface area contributed by atoms with Gasteiger partial charge in [-0.25, -0.2) is 9.97 Å². The van der Waals surface area contributed by atoms with Gasteiger partial charge in [-0.15, -0.1) is 0 Å². The van der Waals surface area contributed by atoms with Gasteiger partial charge in [0.1, 0.15) is 11.0 Å². The standard InChI is InChI=1S/C12H14N4/c1-6(2)8-5-10-12(14-8)15-9-4-7(3)13-11(9)16-10/h4-6H,1-3H3,(H,13,16)(H,14,15).